The molecule has 5 nitrogen and oxygen atoms in total. The van der Waals surface area contributed by atoms with Gasteiger partial charge in [0.15, 0.2) is 0 Å². The summed E-state index contributed by atoms with van der Waals surface area (Å²) >= 11 is 3.27. The molecule has 10 heteroatoms. The number of sulfonamides is 1. The number of hydrogen-bond donors (Lipinski definition) is 1. The van der Waals surface area contributed by atoms with Gasteiger partial charge in [0.2, 0.25) is 15.9 Å². The van der Waals surface area contributed by atoms with Gasteiger partial charge in [-0.25, -0.2) is 8.42 Å². The summed E-state index contributed by atoms with van der Waals surface area (Å²) in [5.41, 5.74) is -0.308. The number of nitrogens with zero attached hydrogens (tertiary/aromatic N) is 1. The lowest BCUT2D eigenvalue weighted by Gasteiger charge is -2.20. The normalized spacial score (nSPS) is 12.2. The van der Waals surface area contributed by atoms with Gasteiger partial charge in [-0.3, -0.25) is 4.79 Å². The maximum absolute atomic E-state index is 12.7. The average Bonchev–Trinajstić information content (AvgIpc) is 2.55. The average molecular weight is 465 g/mol. The van der Waals surface area contributed by atoms with E-state index >= 15 is 0 Å². The Morgan fingerprint density at radius 3 is 2.33 bits per heavy atom. The van der Waals surface area contributed by atoms with Crippen LogP contribution in [0.2, 0.25) is 0 Å². The van der Waals surface area contributed by atoms with E-state index in [1.807, 2.05) is 0 Å². The summed E-state index contributed by atoms with van der Waals surface area (Å²) in [5.74, 6) is -0.739. The van der Waals surface area contributed by atoms with Crippen molar-refractivity contribution < 1.29 is 26.4 Å². The van der Waals surface area contributed by atoms with Crippen molar-refractivity contribution in [2.24, 2.45) is 0 Å². The molecule has 2 aromatic carbocycles. The number of carbonyl (C=O) groups is 1. The van der Waals surface area contributed by atoms with Crippen LogP contribution in [-0.2, 0) is 27.5 Å². The van der Waals surface area contributed by atoms with Crippen molar-refractivity contribution in [3.05, 3.63) is 64.1 Å². The number of nitrogens with one attached hydrogen (secondary N) is 1. The van der Waals surface area contributed by atoms with Crippen molar-refractivity contribution >= 4 is 37.5 Å². The van der Waals surface area contributed by atoms with Crippen LogP contribution in [0, 0.1) is 0 Å². The van der Waals surface area contributed by atoms with E-state index in [0.29, 0.717) is 5.56 Å². The second-order valence-electron chi connectivity index (χ2n) is 5.78. The zero-order valence-corrected chi connectivity index (χ0v) is 16.5. The van der Waals surface area contributed by atoms with Gasteiger partial charge in [-0.2, -0.15) is 17.5 Å². The molecule has 1 N–H and O–H groups in total. The Labute approximate surface area is 163 Å². The maximum atomic E-state index is 12.7. The van der Waals surface area contributed by atoms with Crippen LogP contribution in [0.4, 0.5) is 18.9 Å². The number of benzene rings is 2. The van der Waals surface area contributed by atoms with Gasteiger partial charge in [0, 0.05) is 16.7 Å². The van der Waals surface area contributed by atoms with Crippen molar-refractivity contribution in [1.82, 2.24) is 4.31 Å². The van der Waals surface area contributed by atoms with Crippen molar-refractivity contribution in [2.75, 3.05) is 18.1 Å². The summed E-state index contributed by atoms with van der Waals surface area (Å²) in [4.78, 5) is 12.2. The summed E-state index contributed by atoms with van der Waals surface area (Å²) < 4.78 is 63.9. The zero-order valence-electron chi connectivity index (χ0n) is 14.1. The van der Waals surface area contributed by atoms with Crippen LogP contribution >= 0.6 is 15.9 Å². The molecule has 0 atom stereocenters. The van der Waals surface area contributed by atoms with E-state index in [9.17, 15) is 26.4 Å². The van der Waals surface area contributed by atoms with E-state index in [2.05, 4.69) is 21.2 Å². The molecule has 0 aliphatic carbocycles. The van der Waals surface area contributed by atoms with Gasteiger partial charge >= 0.3 is 6.18 Å². The fourth-order valence-electron chi connectivity index (χ4n) is 2.22. The van der Waals surface area contributed by atoms with Crippen LogP contribution in [0.25, 0.3) is 0 Å². The molecule has 27 heavy (non-hydrogen) atoms. The number of hydrogen-bond acceptors (Lipinski definition) is 3. The first-order valence-electron chi connectivity index (χ1n) is 7.62. The van der Waals surface area contributed by atoms with E-state index in [1.165, 1.54) is 6.07 Å². The number of rotatable bonds is 6. The fraction of sp³-hybridized carbons (Fsp3) is 0.235. The monoisotopic (exact) mass is 464 g/mol. The van der Waals surface area contributed by atoms with Crippen molar-refractivity contribution in [2.45, 2.75) is 12.7 Å². The minimum Gasteiger partial charge on any atom is -0.325 e. The lowest BCUT2D eigenvalue weighted by Crippen LogP contribution is -2.36. The quantitative estimate of drug-likeness (QED) is 0.705. The van der Waals surface area contributed by atoms with E-state index < -0.39 is 34.2 Å². The van der Waals surface area contributed by atoms with Crippen LogP contribution < -0.4 is 5.32 Å². The molecule has 0 heterocycles. The predicted octanol–water partition coefficient (Wildman–Crippen LogP) is 3.87. The SMILES string of the molecule is CS(=O)(=O)N(CC(=O)Nc1cccc(C(F)(F)F)c1)Cc1ccc(Br)cc1. The van der Waals surface area contributed by atoms with Crippen LogP contribution in [-0.4, -0.2) is 31.4 Å². The highest BCUT2D eigenvalue weighted by atomic mass is 79.9. The Kier molecular flexibility index (Phi) is 6.66. The first-order chi connectivity index (χ1) is 12.4. The minimum absolute atomic E-state index is 0.0396. The predicted molar refractivity (Wildman–Crippen MR) is 99.5 cm³/mol. The zero-order chi connectivity index (χ0) is 20.2. The molecule has 2 rings (SSSR count). The second kappa shape index (κ2) is 8.41. The first kappa shape index (κ1) is 21.4. The topological polar surface area (TPSA) is 66.5 Å². The van der Waals surface area contributed by atoms with Gasteiger partial charge < -0.3 is 5.32 Å². The standard InChI is InChI=1S/C17H16BrF3N2O3S/c1-27(25,26)23(10-12-5-7-14(18)8-6-12)11-16(24)22-15-4-2-3-13(9-15)17(19,20)21/h2-9H,10-11H2,1H3,(H,22,24). The van der Waals surface area contributed by atoms with Gasteiger partial charge in [-0.1, -0.05) is 34.1 Å². The lowest BCUT2D eigenvalue weighted by molar-refractivity contribution is -0.137. The number of halogens is 4. The van der Waals surface area contributed by atoms with Gasteiger partial charge in [0.1, 0.15) is 0 Å². The largest absolute Gasteiger partial charge is 0.416 e. The Bertz CT molecular complexity index is 916. The molecule has 0 bridgehead atoms. The maximum Gasteiger partial charge on any atom is 0.416 e. The van der Waals surface area contributed by atoms with Crippen molar-refractivity contribution in [1.29, 1.82) is 0 Å². The molecule has 0 spiro atoms. The Morgan fingerprint density at radius 2 is 1.78 bits per heavy atom. The van der Waals surface area contributed by atoms with Gasteiger partial charge in [-0.05, 0) is 35.9 Å². The van der Waals surface area contributed by atoms with Crippen LogP contribution in [0.5, 0.6) is 0 Å². The van der Waals surface area contributed by atoms with E-state index in [4.69, 9.17) is 0 Å². The summed E-state index contributed by atoms with van der Waals surface area (Å²) in [6.07, 6.45) is -3.58. The summed E-state index contributed by atoms with van der Waals surface area (Å²) in [6, 6.07) is 11.0. The first-order valence-corrected chi connectivity index (χ1v) is 10.3. The molecule has 146 valence electrons. The van der Waals surface area contributed by atoms with E-state index in [-0.39, 0.29) is 12.2 Å². The molecule has 1 amide bonds. The van der Waals surface area contributed by atoms with Gasteiger partial charge in [0.05, 0.1) is 18.4 Å². The minimum atomic E-state index is -4.54. The number of amides is 1. The van der Waals surface area contributed by atoms with Gasteiger partial charge in [0.25, 0.3) is 0 Å². The van der Waals surface area contributed by atoms with Gasteiger partial charge in [-0.15, -0.1) is 0 Å². The van der Waals surface area contributed by atoms with Crippen LogP contribution in [0.15, 0.2) is 53.0 Å². The Hall–Kier alpha value is -1.91. The van der Waals surface area contributed by atoms with Crippen LogP contribution in [0.1, 0.15) is 11.1 Å². The molecule has 0 saturated heterocycles. The molecule has 0 saturated carbocycles. The highest BCUT2D eigenvalue weighted by Gasteiger charge is 2.30. The van der Waals surface area contributed by atoms with E-state index in [0.717, 1.165) is 33.2 Å². The highest BCUT2D eigenvalue weighted by molar-refractivity contribution is 9.10. The molecule has 2 aromatic rings. The summed E-state index contributed by atoms with van der Waals surface area (Å²) in [6.45, 7) is -0.562. The number of alkyl halides is 3. The molecule has 0 aliphatic rings. The molecule has 0 radical (unpaired) electrons. The smallest absolute Gasteiger partial charge is 0.325 e. The third-order valence-corrected chi connectivity index (χ3v) is 5.26. The third-order valence-electron chi connectivity index (χ3n) is 3.53. The second-order valence-corrected chi connectivity index (χ2v) is 8.68. The Balaban J connectivity index is 2.11. The summed E-state index contributed by atoms with van der Waals surface area (Å²) in [7, 11) is -3.71. The number of carbonyl (C=O) groups excluding carboxylic acids is 1. The molecule has 0 unspecified atom stereocenters. The number of anilines is 1. The molecular weight excluding hydrogens is 449 g/mol. The lowest BCUT2D eigenvalue weighted by atomic mass is 10.2. The van der Waals surface area contributed by atoms with Crippen LogP contribution in [0.3, 0.4) is 0 Å². The molecule has 0 aliphatic heterocycles. The van der Waals surface area contributed by atoms with E-state index in [1.54, 1.807) is 24.3 Å². The molecule has 0 aromatic heterocycles. The third kappa shape index (κ3) is 6.64. The highest BCUT2D eigenvalue weighted by Crippen LogP contribution is 2.30. The van der Waals surface area contributed by atoms with Crippen molar-refractivity contribution in [3.63, 3.8) is 0 Å². The Morgan fingerprint density at radius 1 is 1.15 bits per heavy atom. The fourth-order valence-corrected chi connectivity index (χ4v) is 3.22. The summed E-state index contributed by atoms with van der Waals surface area (Å²) in [5, 5.41) is 2.30. The van der Waals surface area contributed by atoms with Crippen molar-refractivity contribution in [3.8, 4) is 0 Å². The molecule has 0 fully saturated rings. The molecular formula is C17H16BrF3N2O3S.